The largest absolute Gasteiger partial charge is 0.389 e. The lowest BCUT2D eigenvalue weighted by Gasteiger charge is -2.22. The van der Waals surface area contributed by atoms with E-state index < -0.39 is 6.10 Å². The molecule has 0 amide bonds. The summed E-state index contributed by atoms with van der Waals surface area (Å²) in [6.07, 6.45) is -0.518. The topological polar surface area (TPSA) is 47.3 Å². The molecular weight excluding hydrogens is 316 g/mol. The van der Waals surface area contributed by atoms with Crippen LogP contribution in [0.15, 0.2) is 46.9 Å². The molecule has 0 saturated heterocycles. The number of hydrogen-bond donors (Lipinski definition) is 1. The van der Waals surface area contributed by atoms with E-state index in [4.69, 9.17) is 5.26 Å². The fraction of sp³-hybridized carbons (Fsp3) is 0.188. The predicted molar refractivity (Wildman–Crippen MR) is 84.0 cm³/mol. The molecule has 102 valence electrons. The van der Waals surface area contributed by atoms with Gasteiger partial charge in [-0.05, 0) is 36.8 Å². The molecule has 0 aliphatic rings. The fourth-order valence-electron chi connectivity index (χ4n) is 2.06. The van der Waals surface area contributed by atoms with Crippen molar-refractivity contribution in [1.29, 1.82) is 5.26 Å². The summed E-state index contributed by atoms with van der Waals surface area (Å²) in [6.45, 7) is 1.73. The first-order valence-electron chi connectivity index (χ1n) is 6.25. The third kappa shape index (κ3) is 2.84. The molecule has 2 aromatic carbocycles. The third-order valence-corrected chi connectivity index (χ3v) is 3.89. The fourth-order valence-corrected chi connectivity index (χ4v) is 2.76. The van der Waals surface area contributed by atoms with E-state index >= 15 is 0 Å². The van der Waals surface area contributed by atoms with Gasteiger partial charge in [0.1, 0.15) is 6.07 Å². The number of benzene rings is 2. The van der Waals surface area contributed by atoms with Crippen molar-refractivity contribution in [2.24, 2.45) is 0 Å². The maximum Gasteiger partial charge on any atom is 0.101 e. The average molecular weight is 331 g/mol. The van der Waals surface area contributed by atoms with Crippen molar-refractivity contribution < 1.29 is 5.11 Å². The highest BCUT2D eigenvalue weighted by molar-refractivity contribution is 9.10. The van der Waals surface area contributed by atoms with Crippen LogP contribution in [0.5, 0.6) is 0 Å². The Bertz CT molecular complexity index is 662. The summed E-state index contributed by atoms with van der Waals surface area (Å²) in [6, 6.07) is 15.4. The van der Waals surface area contributed by atoms with E-state index in [2.05, 4.69) is 22.0 Å². The molecule has 0 heterocycles. The Balaban J connectivity index is 2.42. The third-order valence-electron chi connectivity index (χ3n) is 3.21. The zero-order valence-electron chi connectivity index (χ0n) is 11.3. The van der Waals surface area contributed by atoms with E-state index in [0.29, 0.717) is 5.56 Å². The normalized spacial score (nSPS) is 11.8. The van der Waals surface area contributed by atoms with Crippen LogP contribution in [0.25, 0.3) is 0 Å². The molecule has 0 saturated carbocycles. The Morgan fingerprint density at radius 1 is 1.25 bits per heavy atom. The van der Waals surface area contributed by atoms with Crippen molar-refractivity contribution in [1.82, 2.24) is 0 Å². The van der Waals surface area contributed by atoms with Crippen LogP contribution in [0.3, 0.4) is 0 Å². The van der Waals surface area contributed by atoms with Crippen LogP contribution in [0.1, 0.15) is 24.2 Å². The van der Waals surface area contributed by atoms with Gasteiger partial charge in [0.15, 0.2) is 0 Å². The van der Waals surface area contributed by atoms with Crippen LogP contribution >= 0.6 is 15.9 Å². The van der Waals surface area contributed by atoms with E-state index in [-0.39, 0.29) is 0 Å². The Labute approximate surface area is 127 Å². The molecule has 20 heavy (non-hydrogen) atoms. The van der Waals surface area contributed by atoms with Gasteiger partial charge in [0.25, 0.3) is 0 Å². The summed E-state index contributed by atoms with van der Waals surface area (Å²) >= 11 is 3.47. The molecule has 1 unspecified atom stereocenters. The molecule has 0 aliphatic carbocycles. The lowest BCUT2D eigenvalue weighted by atomic mass is 10.1. The van der Waals surface area contributed by atoms with Gasteiger partial charge in [-0.25, -0.2) is 0 Å². The molecule has 4 heteroatoms. The van der Waals surface area contributed by atoms with Crippen LogP contribution in [0, 0.1) is 11.3 Å². The van der Waals surface area contributed by atoms with Crippen molar-refractivity contribution in [3.63, 3.8) is 0 Å². The van der Waals surface area contributed by atoms with Crippen LogP contribution in [0.4, 0.5) is 11.4 Å². The smallest absolute Gasteiger partial charge is 0.101 e. The van der Waals surface area contributed by atoms with E-state index in [1.807, 2.05) is 48.3 Å². The highest BCUT2D eigenvalue weighted by Crippen LogP contribution is 2.32. The first kappa shape index (κ1) is 14.6. The predicted octanol–water partition coefficient (Wildman–Crippen LogP) is 4.14. The van der Waals surface area contributed by atoms with Crippen molar-refractivity contribution in [2.75, 3.05) is 11.9 Å². The van der Waals surface area contributed by atoms with E-state index in [0.717, 1.165) is 21.4 Å². The zero-order chi connectivity index (χ0) is 14.7. The molecule has 2 rings (SSSR count). The van der Waals surface area contributed by atoms with Gasteiger partial charge in [-0.15, -0.1) is 0 Å². The summed E-state index contributed by atoms with van der Waals surface area (Å²) in [5.74, 6) is 0. The number of anilines is 2. The molecule has 1 N–H and O–H groups in total. The second kappa shape index (κ2) is 6.08. The van der Waals surface area contributed by atoms with Crippen LogP contribution < -0.4 is 4.90 Å². The number of nitriles is 1. The molecule has 0 aliphatic heterocycles. The summed E-state index contributed by atoms with van der Waals surface area (Å²) < 4.78 is 0.853. The number of hydrogen-bond acceptors (Lipinski definition) is 3. The Hall–Kier alpha value is -1.83. The lowest BCUT2D eigenvalue weighted by molar-refractivity contribution is 0.198. The van der Waals surface area contributed by atoms with E-state index in [9.17, 15) is 5.11 Å². The first-order chi connectivity index (χ1) is 9.54. The van der Waals surface area contributed by atoms with Gasteiger partial charge < -0.3 is 10.0 Å². The van der Waals surface area contributed by atoms with Gasteiger partial charge in [0, 0.05) is 17.2 Å². The zero-order valence-corrected chi connectivity index (χ0v) is 12.9. The van der Waals surface area contributed by atoms with Crippen LogP contribution in [-0.2, 0) is 0 Å². The van der Waals surface area contributed by atoms with E-state index in [1.165, 1.54) is 0 Å². The summed E-state index contributed by atoms with van der Waals surface area (Å²) in [4.78, 5) is 1.95. The van der Waals surface area contributed by atoms with Gasteiger partial charge in [-0.1, -0.05) is 34.1 Å². The number of para-hydroxylation sites is 1. The number of nitrogens with zero attached hydrogens (tertiary/aromatic N) is 2. The van der Waals surface area contributed by atoms with Gasteiger partial charge in [0.2, 0.25) is 0 Å². The average Bonchev–Trinajstić information content (AvgIpc) is 2.45. The Morgan fingerprint density at radius 2 is 1.95 bits per heavy atom. The molecule has 0 aromatic heterocycles. The van der Waals surface area contributed by atoms with Crippen LogP contribution in [0.2, 0.25) is 0 Å². The minimum atomic E-state index is -0.518. The molecule has 0 bridgehead atoms. The second-order valence-electron chi connectivity index (χ2n) is 4.57. The van der Waals surface area contributed by atoms with Gasteiger partial charge in [-0.2, -0.15) is 5.26 Å². The molecule has 2 aromatic rings. The Morgan fingerprint density at radius 3 is 2.55 bits per heavy atom. The SMILES string of the molecule is CC(O)c1ccc(N(C)c2ccccc2C#N)cc1Br. The highest BCUT2D eigenvalue weighted by atomic mass is 79.9. The maximum absolute atomic E-state index is 9.65. The van der Waals surface area contributed by atoms with Gasteiger partial charge in [-0.3, -0.25) is 0 Å². The maximum atomic E-state index is 9.65. The van der Waals surface area contributed by atoms with Crippen molar-refractivity contribution in [3.05, 3.63) is 58.1 Å². The Kier molecular flexibility index (Phi) is 4.43. The van der Waals surface area contributed by atoms with E-state index in [1.54, 1.807) is 13.0 Å². The molecule has 3 nitrogen and oxygen atoms in total. The molecule has 0 radical (unpaired) electrons. The number of aliphatic hydroxyl groups excluding tert-OH is 1. The standard InChI is InChI=1S/C16H15BrN2O/c1-11(20)14-8-7-13(9-15(14)17)19(2)16-6-4-3-5-12(16)10-18/h3-9,11,20H,1-2H3. The van der Waals surface area contributed by atoms with Crippen molar-refractivity contribution in [3.8, 4) is 6.07 Å². The molecule has 1 atom stereocenters. The lowest BCUT2D eigenvalue weighted by Crippen LogP contribution is -2.11. The van der Waals surface area contributed by atoms with Gasteiger partial charge in [0.05, 0.1) is 17.4 Å². The molecular formula is C16H15BrN2O. The summed E-state index contributed by atoms with van der Waals surface area (Å²) in [5, 5.41) is 18.8. The minimum Gasteiger partial charge on any atom is -0.389 e. The molecule has 0 fully saturated rings. The second-order valence-corrected chi connectivity index (χ2v) is 5.42. The van der Waals surface area contributed by atoms with Crippen molar-refractivity contribution >= 4 is 27.3 Å². The summed E-state index contributed by atoms with van der Waals surface area (Å²) in [7, 11) is 1.92. The monoisotopic (exact) mass is 330 g/mol. The minimum absolute atomic E-state index is 0.518. The van der Waals surface area contributed by atoms with Gasteiger partial charge >= 0.3 is 0 Å². The highest BCUT2D eigenvalue weighted by Gasteiger charge is 2.12. The van der Waals surface area contributed by atoms with Crippen LogP contribution in [-0.4, -0.2) is 12.2 Å². The number of aliphatic hydroxyl groups is 1. The number of rotatable bonds is 3. The number of halogens is 1. The summed E-state index contributed by atoms with van der Waals surface area (Å²) in [5.41, 5.74) is 3.28. The quantitative estimate of drug-likeness (QED) is 0.919. The first-order valence-corrected chi connectivity index (χ1v) is 7.04. The van der Waals surface area contributed by atoms with Crippen molar-refractivity contribution in [2.45, 2.75) is 13.0 Å². The molecule has 0 spiro atoms.